The summed E-state index contributed by atoms with van der Waals surface area (Å²) in [6.45, 7) is 3.06. The van der Waals surface area contributed by atoms with Crippen LogP contribution in [0.5, 0.6) is 0 Å². The lowest BCUT2D eigenvalue weighted by molar-refractivity contribution is 0.385. The molecule has 21 heavy (non-hydrogen) atoms. The lowest BCUT2D eigenvalue weighted by Crippen LogP contribution is -2.30. The molecule has 1 N–H and O–H groups in total. The Morgan fingerprint density at radius 3 is 2.57 bits per heavy atom. The minimum absolute atomic E-state index is 0.00802. The SMILES string of the molecule is Cc1[nH]ncc1S(=O)(=O)N(C)C(C)c1cc(F)ccc1F. The Morgan fingerprint density at radius 2 is 2.00 bits per heavy atom. The van der Waals surface area contributed by atoms with Crippen LogP contribution in [0.15, 0.2) is 29.3 Å². The lowest BCUT2D eigenvalue weighted by atomic mass is 10.1. The molecule has 1 heterocycles. The zero-order valence-corrected chi connectivity index (χ0v) is 12.6. The minimum atomic E-state index is -3.85. The molecule has 2 rings (SSSR count). The fourth-order valence-electron chi connectivity index (χ4n) is 1.99. The number of benzene rings is 1. The lowest BCUT2D eigenvalue weighted by Gasteiger charge is -2.24. The molecule has 8 heteroatoms. The van der Waals surface area contributed by atoms with Crippen LogP contribution in [0.2, 0.25) is 0 Å². The van der Waals surface area contributed by atoms with Crippen LogP contribution in [0.25, 0.3) is 0 Å². The maximum atomic E-state index is 13.8. The van der Waals surface area contributed by atoms with Gasteiger partial charge in [-0.1, -0.05) is 0 Å². The van der Waals surface area contributed by atoms with Crippen molar-refractivity contribution in [3.05, 3.63) is 47.3 Å². The monoisotopic (exact) mass is 315 g/mol. The van der Waals surface area contributed by atoms with E-state index in [4.69, 9.17) is 0 Å². The number of H-pyrrole nitrogens is 1. The first kappa shape index (κ1) is 15.6. The molecule has 0 aliphatic rings. The van der Waals surface area contributed by atoms with Gasteiger partial charge < -0.3 is 0 Å². The third-order valence-corrected chi connectivity index (χ3v) is 5.44. The molecule has 0 saturated heterocycles. The number of rotatable bonds is 4. The molecule has 1 aromatic heterocycles. The highest BCUT2D eigenvalue weighted by atomic mass is 32.2. The first-order chi connectivity index (χ1) is 9.75. The Labute approximate surface area is 121 Å². The molecule has 0 bridgehead atoms. The minimum Gasteiger partial charge on any atom is -0.281 e. The van der Waals surface area contributed by atoms with Crippen molar-refractivity contribution in [1.82, 2.24) is 14.5 Å². The van der Waals surface area contributed by atoms with Gasteiger partial charge in [0, 0.05) is 18.7 Å². The molecule has 1 aromatic carbocycles. The van der Waals surface area contributed by atoms with E-state index in [1.54, 1.807) is 6.92 Å². The summed E-state index contributed by atoms with van der Waals surface area (Å²) < 4.78 is 53.0. The summed E-state index contributed by atoms with van der Waals surface area (Å²) in [4.78, 5) is 0.00802. The van der Waals surface area contributed by atoms with E-state index in [0.717, 1.165) is 22.5 Å². The number of aryl methyl sites for hydroxylation is 1. The Bertz CT molecular complexity index is 759. The second kappa shape index (κ2) is 5.53. The van der Waals surface area contributed by atoms with Crippen molar-refractivity contribution in [3.63, 3.8) is 0 Å². The molecule has 0 aliphatic heterocycles. The van der Waals surface area contributed by atoms with Crippen LogP contribution in [0.4, 0.5) is 8.78 Å². The fraction of sp³-hybridized carbons (Fsp3) is 0.308. The van der Waals surface area contributed by atoms with Crippen molar-refractivity contribution >= 4 is 10.0 Å². The van der Waals surface area contributed by atoms with E-state index in [-0.39, 0.29) is 10.5 Å². The van der Waals surface area contributed by atoms with Crippen molar-refractivity contribution in [2.75, 3.05) is 7.05 Å². The molecule has 0 saturated carbocycles. The van der Waals surface area contributed by atoms with Crippen molar-refractivity contribution < 1.29 is 17.2 Å². The molecule has 2 aromatic rings. The van der Waals surface area contributed by atoms with Crippen LogP contribution < -0.4 is 0 Å². The van der Waals surface area contributed by atoms with Crippen LogP contribution >= 0.6 is 0 Å². The van der Waals surface area contributed by atoms with Gasteiger partial charge in [-0.25, -0.2) is 17.2 Å². The first-order valence-corrected chi connectivity index (χ1v) is 7.62. The average Bonchev–Trinajstić information content (AvgIpc) is 2.86. The Hall–Kier alpha value is -1.80. The van der Waals surface area contributed by atoms with Crippen LogP contribution in [-0.4, -0.2) is 30.0 Å². The van der Waals surface area contributed by atoms with Gasteiger partial charge in [-0.15, -0.1) is 0 Å². The molecule has 114 valence electrons. The second-order valence-corrected chi connectivity index (χ2v) is 6.69. The largest absolute Gasteiger partial charge is 0.281 e. The second-order valence-electron chi connectivity index (χ2n) is 4.72. The van der Waals surface area contributed by atoms with Crippen LogP contribution in [-0.2, 0) is 10.0 Å². The molecule has 1 atom stereocenters. The van der Waals surface area contributed by atoms with Crippen LogP contribution in [0.1, 0.15) is 24.2 Å². The van der Waals surface area contributed by atoms with Gasteiger partial charge in [-0.3, -0.25) is 5.10 Å². The third-order valence-electron chi connectivity index (χ3n) is 3.39. The number of nitrogens with one attached hydrogen (secondary N) is 1. The van der Waals surface area contributed by atoms with Crippen molar-refractivity contribution in [3.8, 4) is 0 Å². The summed E-state index contributed by atoms with van der Waals surface area (Å²) in [5.74, 6) is -1.28. The van der Waals surface area contributed by atoms with Gasteiger partial charge in [0.25, 0.3) is 0 Å². The van der Waals surface area contributed by atoms with E-state index in [1.165, 1.54) is 20.2 Å². The number of nitrogens with zero attached hydrogens (tertiary/aromatic N) is 2. The Balaban J connectivity index is 2.42. The first-order valence-electron chi connectivity index (χ1n) is 6.18. The number of aromatic amines is 1. The summed E-state index contributed by atoms with van der Waals surface area (Å²) in [5, 5.41) is 6.21. The van der Waals surface area contributed by atoms with E-state index in [1.807, 2.05) is 0 Å². The predicted octanol–water partition coefficient (Wildman–Crippen LogP) is 2.38. The zero-order chi connectivity index (χ0) is 15.8. The summed E-state index contributed by atoms with van der Waals surface area (Å²) in [6.07, 6.45) is 1.19. The topological polar surface area (TPSA) is 66.1 Å². The highest BCUT2D eigenvalue weighted by molar-refractivity contribution is 7.89. The fourth-order valence-corrected chi connectivity index (χ4v) is 3.45. The number of hydrogen-bond donors (Lipinski definition) is 1. The number of sulfonamides is 1. The maximum absolute atomic E-state index is 13.8. The quantitative estimate of drug-likeness (QED) is 0.942. The van der Waals surface area contributed by atoms with E-state index in [0.29, 0.717) is 5.69 Å². The average molecular weight is 315 g/mol. The molecular weight excluding hydrogens is 300 g/mol. The van der Waals surface area contributed by atoms with Gasteiger partial charge in [0.1, 0.15) is 16.5 Å². The molecule has 0 aliphatic carbocycles. The summed E-state index contributed by atoms with van der Waals surface area (Å²) in [7, 11) is -2.54. The highest BCUT2D eigenvalue weighted by Gasteiger charge is 2.30. The standard InChI is InChI=1S/C13H15F2N3O2S/c1-8-13(7-16-17-8)21(19,20)18(3)9(2)11-6-10(14)4-5-12(11)15/h4-7,9H,1-3H3,(H,16,17). The number of halogens is 2. The van der Waals surface area contributed by atoms with Gasteiger partial charge in [-0.05, 0) is 32.0 Å². The van der Waals surface area contributed by atoms with Crippen LogP contribution in [0.3, 0.4) is 0 Å². The van der Waals surface area contributed by atoms with Crippen molar-refractivity contribution in [2.24, 2.45) is 0 Å². The van der Waals surface area contributed by atoms with Gasteiger partial charge in [0.15, 0.2) is 0 Å². The smallest absolute Gasteiger partial charge is 0.246 e. The molecule has 1 unspecified atom stereocenters. The Morgan fingerprint density at radius 1 is 1.33 bits per heavy atom. The molecule has 0 radical (unpaired) electrons. The molecule has 5 nitrogen and oxygen atoms in total. The summed E-state index contributed by atoms with van der Waals surface area (Å²) in [5.41, 5.74) is 0.357. The van der Waals surface area contributed by atoms with Crippen molar-refractivity contribution in [2.45, 2.75) is 24.8 Å². The van der Waals surface area contributed by atoms with Gasteiger partial charge >= 0.3 is 0 Å². The van der Waals surface area contributed by atoms with E-state index in [9.17, 15) is 17.2 Å². The maximum Gasteiger partial charge on any atom is 0.246 e. The Kier molecular flexibility index (Phi) is 4.11. The van der Waals surface area contributed by atoms with E-state index in [2.05, 4.69) is 10.2 Å². The number of aromatic nitrogens is 2. The third kappa shape index (κ3) is 2.81. The normalized spacial score (nSPS) is 13.6. The summed E-state index contributed by atoms with van der Waals surface area (Å²) in [6, 6.07) is 2.10. The summed E-state index contributed by atoms with van der Waals surface area (Å²) >= 11 is 0. The van der Waals surface area contributed by atoms with Gasteiger partial charge in [-0.2, -0.15) is 9.40 Å². The molecule has 0 fully saturated rings. The predicted molar refractivity (Wildman–Crippen MR) is 73.0 cm³/mol. The number of hydrogen-bond acceptors (Lipinski definition) is 3. The zero-order valence-electron chi connectivity index (χ0n) is 11.8. The highest BCUT2D eigenvalue weighted by Crippen LogP contribution is 2.28. The molecule has 0 spiro atoms. The van der Waals surface area contributed by atoms with E-state index < -0.39 is 27.7 Å². The molecular formula is C13H15F2N3O2S. The van der Waals surface area contributed by atoms with E-state index >= 15 is 0 Å². The molecule has 0 amide bonds. The van der Waals surface area contributed by atoms with Crippen molar-refractivity contribution in [1.29, 1.82) is 0 Å². The van der Waals surface area contributed by atoms with Crippen LogP contribution in [0, 0.1) is 18.6 Å². The van der Waals surface area contributed by atoms with Gasteiger partial charge in [0.2, 0.25) is 10.0 Å². The van der Waals surface area contributed by atoms with Gasteiger partial charge in [0.05, 0.1) is 11.9 Å².